The van der Waals surface area contributed by atoms with Crippen molar-refractivity contribution in [3.8, 4) is 11.5 Å². The van der Waals surface area contributed by atoms with Crippen LogP contribution in [0.4, 0.5) is 17.3 Å². The number of ketones is 1. The van der Waals surface area contributed by atoms with Crippen LogP contribution in [0.3, 0.4) is 0 Å². The number of alkyl halides is 1. The molecule has 36 heavy (non-hydrogen) atoms. The van der Waals surface area contributed by atoms with Gasteiger partial charge >= 0.3 is 0 Å². The van der Waals surface area contributed by atoms with Gasteiger partial charge in [0, 0.05) is 30.3 Å². The van der Waals surface area contributed by atoms with Gasteiger partial charge in [0.15, 0.2) is 11.6 Å². The van der Waals surface area contributed by atoms with Crippen LogP contribution in [0.25, 0.3) is 11.0 Å². The minimum Gasteiger partial charge on any atom is -0.497 e. The van der Waals surface area contributed by atoms with Crippen LogP contribution in [0.2, 0.25) is 0 Å². The van der Waals surface area contributed by atoms with Gasteiger partial charge in [0.2, 0.25) is 0 Å². The monoisotopic (exact) mass is 570 g/mol. The fourth-order valence-electron chi connectivity index (χ4n) is 3.46. The highest BCUT2D eigenvalue weighted by Crippen LogP contribution is 2.31. The van der Waals surface area contributed by atoms with Crippen molar-refractivity contribution < 1.29 is 22.7 Å². The lowest BCUT2D eigenvalue weighted by atomic mass is 10.1. The predicted molar refractivity (Wildman–Crippen MR) is 142 cm³/mol. The third kappa shape index (κ3) is 5.92. The molecule has 2 N–H and O–H groups in total. The Morgan fingerprint density at radius 3 is 2.14 bits per heavy atom. The molecule has 4 aromatic rings. The molecule has 186 valence electrons. The van der Waals surface area contributed by atoms with Crippen LogP contribution >= 0.6 is 15.9 Å². The number of sulfonamides is 1. The van der Waals surface area contributed by atoms with E-state index in [-0.39, 0.29) is 34.1 Å². The van der Waals surface area contributed by atoms with Crippen molar-refractivity contribution in [1.29, 1.82) is 0 Å². The Kier molecular flexibility index (Phi) is 7.70. The predicted octanol–water partition coefficient (Wildman–Crippen LogP) is 4.70. The minimum atomic E-state index is -4.05. The average Bonchev–Trinajstić information content (AvgIpc) is 2.88. The highest BCUT2D eigenvalue weighted by molar-refractivity contribution is 9.09. The maximum Gasteiger partial charge on any atom is 0.263 e. The molecule has 0 fully saturated rings. The fraction of sp³-hybridized carbons (Fsp3) is 0.160. The first-order chi connectivity index (χ1) is 17.3. The number of nitrogens with one attached hydrogen (secondary N) is 2. The van der Waals surface area contributed by atoms with E-state index in [9.17, 15) is 13.2 Å². The van der Waals surface area contributed by atoms with Crippen LogP contribution in [-0.2, 0) is 21.2 Å². The SMILES string of the molecule is COc1cc(Nc2nc3ccccc3nc2NS(=O)(=O)c2cccc(CC(=O)CBr)c2)cc(OC)c1. The molecule has 0 saturated heterocycles. The molecule has 0 atom stereocenters. The van der Waals surface area contributed by atoms with E-state index in [1.165, 1.54) is 26.4 Å². The number of aromatic nitrogens is 2. The Balaban J connectivity index is 1.74. The van der Waals surface area contributed by atoms with Gasteiger partial charge in [0.25, 0.3) is 10.0 Å². The smallest absolute Gasteiger partial charge is 0.263 e. The molecule has 0 aliphatic carbocycles. The molecular formula is C25H23BrN4O5S. The second-order valence-corrected chi connectivity index (χ2v) is 9.98. The third-order valence-corrected chi connectivity index (χ3v) is 7.14. The number of fused-ring (bicyclic) bond motifs is 1. The van der Waals surface area contributed by atoms with Crippen molar-refractivity contribution in [2.24, 2.45) is 0 Å². The molecule has 11 heteroatoms. The lowest BCUT2D eigenvalue weighted by Crippen LogP contribution is -2.16. The highest BCUT2D eigenvalue weighted by Gasteiger charge is 2.20. The zero-order chi connectivity index (χ0) is 25.7. The largest absolute Gasteiger partial charge is 0.497 e. The van der Waals surface area contributed by atoms with E-state index >= 15 is 0 Å². The quantitative estimate of drug-likeness (QED) is 0.263. The summed E-state index contributed by atoms with van der Waals surface area (Å²) in [5, 5.41) is 3.32. The molecule has 0 aliphatic heterocycles. The second kappa shape index (κ2) is 10.9. The van der Waals surface area contributed by atoms with Gasteiger partial charge in [-0.3, -0.25) is 9.52 Å². The van der Waals surface area contributed by atoms with E-state index in [1.807, 2.05) is 6.07 Å². The fourth-order valence-corrected chi connectivity index (χ4v) is 4.74. The number of hydrogen-bond donors (Lipinski definition) is 2. The summed E-state index contributed by atoms with van der Waals surface area (Å²) in [5.74, 6) is 1.24. The standard InChI is InChI=1S/C25H23BrN4O5S/c1-34-19-12-17(13-20(14-19)35-2)27-24-25(29-23-9-4-3-8-22(23)28-24)30-36(32,33)21-7-5-6-16(11-21)10-18(31)15-26/h3-9,11-14H,10,15H2,1-2H3,(H,27,28)(H,29,30). The molecule has 4 rings (SSSR count). The van der Waals surface area contributed by atoms with E-state index in [2.05, 4.69) is 35.9 Å². The topological polar surface area (TPSA) is 120 Å². The second-order valence-electron chi connectivity index (χ2n) is 7.74. The van der Waals surface area contributed by atoms with Crippen LogP contribution in [-0.4, -0.2) is 43.7 Å². The van der Waals surface area contributed by atoms with Gasteiger partial charge in [0.1, 0.15) is 17.3 Å². The molecule has 0 bridgehead atoms. The first-order valence-electron chi connectivity index (χ1n) is 10.8. The third-order valence-electron chi connectivity index (χ3n) is 5.17. The van der Waals surface area contributed by atoms with Gasteiger partial charge in [-0.05, 0) is 29.8 Å². The Hall–Kier alpha value is -3.70. The van der Waals surface area contributed by atoms with Gasteiger partial charge in [-0.2, -0.15) is 0 Å². The summed E-state index contributed by atoms with van der Waals surface area (Å²) < 4.78 is 39.8. The molecule has 0 aliphatic rings. The van der Waals surface area contributed by atoms with Gasteiger partial charge in [-0.1, -0.05) is 40.2 Å². The summed E-state index contributed by atoms with van der Waals surface area (Å²) in [7, 11) is -0.982. The number of hydrogen-bond acceptors (Lipinski definition) is 8. The molecule has 9 nitrogen and oxygen atoms in total. The van der Waals surface area contributed by atoms with E-state index in [0.717, 1.165) is 0 Å². The Labute approximate surface area is 217 Å². The van der Waals surface area contributed by atoms with Crippen molar-refractivity contribution in [3.63, 3.8) is 0 Å². The number of nitrogens with zero attached hydrogens (tertiary/aromatic N) is 2. The summed E-state index contributed by atoms with van der Waals surface area (Å²) in [4.78, 5) is 20.9. The molecule has 0 unspecified atom stereocenters. The van der Waals surface area contributed by atoms with Crippen molar-refractivity contribution in [3.05, 3.63) is 72.3 Å². The maximum absolute atomic E-state index is 13.3. The zero-order valence-electron chi connectivity index (χ0n) is 19.5. The summed E-state index contributed by atoms with van der Waals surface area (Å²) in [6.45, 7) is 0. The van der Waals surface area contributed by atoms with E-state index < -0.39 is 10.0 Å². The number of carbonyl (C=O) groups excluding carboxylic acids is 1. The number of para-hydroxylation sites is 2. The van der Waals surface area contributed by atoms with Gasteiger partial charge in [-0.15, -0.1) is 0 Å². The molecule has 0 saturated carbocycles. The molecule has 0 amide bonds. The molecule has 3 aromatic carbocycles. The van der Waals surface area contributed by atoms with Crippen LogP contribution in [0.1, 0.15) is 5.56 Å². The summed E-state index contributed by atoms with van der Waals surface area (Å²) in [6.07, 6.45) is 0.120. The number of rotatable bonds is 10. The van der Waals surface area contributed by atoms with Crippen LogP contribution in [0, 0.1) is 0 Å². The molecule has 1 aromatic heterocycles. The van der Waals surface area contributed by atoms with Crippen LogP contribution < -0.4 is 19.5 Å². The first-order valence-corrected chi connectivity index (χ1v) is 13.4. The van der Waals surface area contributed by atoms with Gasteiger partial charge < -0.3 is 14.8 Å². The number of anilines is 3. The zero-order valence-corrected chi connectivity index (χ0v) is 21.9. The minimum absolute atomic E-state index is 0.00586. The van der Waals surface area contributed by atoms with Crippen molar-refractivity contribution in [1.82, 2.24) is 9.97 Å². The molecule has 0 radical (unpaired) electrons. The van der Waals surface area contributed by atoms with Crippen LogP contribution in [0.15, 0.2) is 71.6 Å². The number of methoxy groups -OCH3 is 2. The number of carbonyl (C=O) groups is 1. The Morgan fingerprint density at radius 2 is 1.53 bits per heavy atom. The number of halogens is 1. The van der Waals surface area contributed by atoms with Crippen molar-refractivity contribution >= 4 is 60.1 Å². The molecular weight excluding hydrogens is 548 g/mol. The summed E-state index contributed by atoms with van der Waals surface area (Å²) >= 11 is 3.13. The van der Waals surface area contributed by atoms with Crippen LogP contribution in [0.5, 0.6) is 11.5 Å². The molecule has 1 heterocycles. The van der Waals surface area contributed by atoms with E-state index in [0.29, 0.717) is 33.8 Å². The average molecular weight is 571 g/mol. The Morgan fingerprint density at radius 1 is 0.889 bits per heavy atom. The Bertz CT molecular complexity index is 1510. The van der Waals surface area contributed by atoms with E-state index in [1.54, 1.807) is 48.5 Å². The first kappa shape index (κ1) is 25.4. The van der Waals surface area contributed by atoms with E-state index in [4.69, 9.17) is 9.47 Å². The molecule has 0 spiro atoms. The summed E-state index contributed by atoms with van der Waals surface area (Å²) in [5.41, 5.74) is 2.24. The van der Waals surface area contributed by atoms with Gasteiger partial charge in [-0.25, -0.2) is 18.4 Å². The highest BCUT2D eigenvalue weighted by atomic mass is 79.9. The lowest BCUT2D eigenvalue weighted by molar-refractivity contribution is -0.115. The summed E-state index contributed by atoms with van der Waals surface area (Å²) in [6, 6.07) is 18.5. The van der Waals surface area contributed by atoms with Gasteiger partial charge in [0.05, 0.1) is 35.5 Å². The normalized spacial score (nSPS) is 11.2. The van der Waals surface area contributed by atoms with Crippen molar-refractivity contribution in [2.75, 3.05) is 29.6 Å². The number of benzene rings is 3. The number of ether oxygens (including phenoxy) is 2. The number of Topliss-reactive ketones (excluding diaryl/α,β-unsaturated/α-hetero) is 1. The van der Waals surface area contributed by atoms with Crippen molar-refractivity contribution in [2.45, 2.75) is 11.3 Å². The maximum atomic E-state index is 13.3. The lowest BCUT2D eigenvalue weighted by Gasteiger charge is -2.15.